The second-order valence-corrected chi connectivity index (χ2v) is 8.94. The minimum absolute atomic E-state index is 0.130. The number of hydrogen-bond acceptors (Lipinski definition) is 5. The number of nitrogens with zero attached hydrogens (tertiary/aromatic N) is 2. The maximum atomic E-state index is 13.2. The van der Waals surface area contributed by atoms with Crippen molar-refractivity contribution in [2.24, 2.45) is 0 Å². The number of ether oxygens (including phenoxy) is 1. The van der Waals surface area contributed by atoms with Gasteiger partial charge < -0.3 is 4.74 Å². The van der Waals surface area contributed by atoms with Crippen molar-refractivity contribution in [1.29, 1.82) is 0 Å². The highest BCUT2D eigenvalue weighted by Crippen LogP contribution is 2.19. The molecule has 2 rings (SSSR count). The number of carbonyl (C=O) groups is 1. The summed E-state index contributed by atoms with van der Waals surface area (Å²) in [6, 6.07) is 6.36. The largest absolute Gasteiger partial charge is 0.379 e. The van der Waals surface area contributed by atoms with Crippen molar-refractivity contribution >= 4 is 15.8 Å². The predicted octanol–water partition coefficient (Wildman–Crippen LogP) is 2.79. The lowest BCUT2D eigenvalue weighted by Gasteiger charge is -2.29. The highest BCUT2D eigenvalue weighted by molar-refractivity contribution is 7.89. The zero-order chi connectivity index (χ0) is 19.7. The van der Waals surface area contributed by atoms with Crippen LogP contribution in [0.4, 0.5) is 0 Å². The number of hydrogen-bond donors (Lipinski definition) is 0. The molecule has 0 radical (unpaired) electrons. The van der Waals surface area contributed by atoms with Crippen LogP contribution in [-0.2, 0) is 14.8 Å². The lowest BCUT2D eigenvalue weighted by atomic mass is 10.2. The molecule has 1 aliphatic rings. The third-order valence-corrected chi connectivity index (χ3v) is 6.80. The molecule has 1 fully saturated rings. The van der Waals surface area contributed by atoms with E-state index < -0.39 is 10.0 Å². The summed E-state index contributed by atoms with van der Waals surface area (Å²) >= 11 is 0. The van der Waals surface area contributed by atoms with Crippen molar-refractivity contribution in [3.63, 3.8) is 0 Å². The summed E-state index contributed by atoms with van der Waals surface area (Å²) in [5, 5.41) is 0. The Balaban J connectivity index is 2.13. The molecule has 0 aliphatic carbocycles. The lowest BCUT2D eigenvalue weighted by molar-refractivity contribution is 0.0362. The minimum atomic E-state index is -3.62. The van der Waals surface area contributed by atoms with Crippen molar-refractivity contribution in [3.8, 4) is 0 Å². The fraction of sp³-hybridized carbons (Fsp3) is 0.650. The van der Waals surface area contributed by atoms with Crippen LogP contribution in [0, 0.1) is 0 Å². The van der Waals surface area contributed by atoms with Crippen LogP contribution < -0.4 is 0 Å². The molecule has 1 aromatic rings. The Morgan fingerprint density at radius 1 is 1.15 bits per heavy atom. The Kier molecular flexibility index (Phi) is 8.89. The van der Waals surface area contributed by atoms with Gasteiger partial charge in [0.15, 0.2) is 5.78 Å². The normalized spacial score (nSPS) is 16.0. The SMILES string of the molecule is CCCCCCN(CCN1CCOCC1)S(=O)(=O)c1cccc(C(C)=O)c1. The Hall–Kier alpha value is -1.28. The van der Waals surface area contributed by atoms with E-state index in [0.717, 1.165) is 38.8 Å². The van der Waals surface area contributed by atoms with Gasteiger partial charge in [0.25, 0.3) is 0 Å². The van der Waals surface area contributed by atoms with E-state index in [1.807, 2.05) is 0 Å². The van der Waals surface area contributed by atoms with Crippen molar-refractivity contribution < 1.29 is 17.9 Å². The molecular weight excluding hydrogens is 364 g/mol. The van der Waals surface area contributed by atoms with Crippen LogP contribution in [0.5, 0.6) is 0 Å². The second-order valence-electron chi connectivity index (χ2n) is 7.00. The maximum absolute atomic E-state index is 13.2. The zero-order valence-electron chi connectivity index (χ0n) is 16.5. The number of sulfonamides is 1. The number of morpholine rings is 1. The molecule has 27 heavy (non-hydrogen) atoms. The van der Waals surface area contributed by atoms with E-state index >= 15 is 0 Å². The summed E-state index contributed by atoms with van der Waals surface area (Å²) in [4.78, 5) is 14.1. The number of benzene rings is 1. The standard InChI is InChI=1S/C20H32N2O4S/c1-3-4-5-6-10-22(12-11-21-13-15-26-16-14-21)27(24,25)20-9-7-8-19(17-20)18(2)23/h7-9,17H,3-6,10-16H2,1-2H3. The predicted molar refractivity (Wildman–Crippen MR) is 107 cm³/mol. The second kappa shape index (κ2) is 10.9. The third-order valence-electron chi connectivity index (χ3n) is 4.91. The van der Waals surface area contributed by atoms with Crippen LogP contribution in [0.1, 0.15) is 49.9 Å². The van der Waals surface area contributed by atoms with Crippen LogP contribution in [0.15, 0.2) is 29.2 Å². The molecular formula is C20H32N2O4S. The first-order valence-electron chi connectivity index (χ1n) is 9.86. The molecule has 0 saturated carbocycles. The van der Waals surface area contributed by atoms with Gasteiger partial charge >= 0.3 is 0 Å². The van der Waals surface area contributed by atoms with Gasteiger partial charge in [-0.15, -0.1) is 0 Å². The molecule has 0 N–H and O–H groups in total. The summed E-state index contributed by atoms with van der Waals surface area (Å²) in [6.07, 6.45) is 4.09. The van der Waals surface area contributed by atoms with Gasteiger partial charge in [-0.1, -0.05) is 38.3 Å². The third kappa shape index (κ3) is 6.68. The molecule has 0 unspecified atom stereocenters. The summed E-state index contributed by atoms with van der Waals surface area (Å²) in [6.45, 7) is 8.33. The highest BCUT2D eigenvalue weighted by Gasteiger charge is 2.25. The fourth-order valence-electron chi connectivity index (χ4n) is 3.17. The average Bonchev–Trinajstić information content (AvgIpc) is 2.68. The number of Topliss-reactive ketones (excluding diaryl/α,β-unsaturated/α-hetero) is 1. The molecule has 1 saturated heterocycles. The number of ketones is 1. The van der Waals surface area contributed by atoms with Crippen molar-refractivity contribution in [3.05, 3.63) is 29.8 Å². The summed E-state index contributed by atoms with van der Waals surface area (Å²) < 4.78 is 33.4. The van der Waals surface area contributed by atoms with Crippen molar-refractivity contribution in [2.45, 2.75) is 44.4 Å². The van der Waals surface area contributed by atoms with E-state index in [1.54, 1.807) is 22.5 Å². The zero-order valence-corrected chi connectivity index (χ0v) is 17.3. The molecule has 1 heterocycles. The van der Waals surface area contributed by atoms with E-state index in [9.17, 15) is 13.2 Å². The van der Waals surface area contributed by atoms with Crippen molar-refractivity contribution in [2.75, 3.05) is 45.9 Å². The number of carbonyl (C=O) groups excluding carboxylic acids is 1. The van der Waals surface area contributed by atoms with Gasteiger partial charge in [-0.3, -0.25) is 9.69 Å². The van der Waals surface area contributed by atoms with Gasteiger partial charge in [0, 0.05) is 38.3 Å². The molecule has 152 valence electrons. The first-order chi connectivity index (χ1) is 12.9. The summed E-state index contributed by atoms with van der Waals surface area (Å²) in [5.74, 6) is -0.130. The van der Waals surface area contributed by atoms with E-state index in [4.69, 9.17) is 4.74 Å². The van der Waals surface area contributed by atoms with Gasteiger partial charge in [-0.25, -0.2) is 8.42 Å². The first-order valence-corrected chi connectivity index (χ1v) is 11.3. The van der Waals surface area contributed by atoms with Crippen LogP contribution in [-0.4, -0.2) is 69.3 Å². The Morgan fingerprint density at radius 2 is 1.89 bits per heavy atom. The first kappa shape index (κ1) is 22.0. The molecule has 0 amide bonds. The molecule has 7 heteroatoms. The molecule has 1 aromatic carbocycles. The maximum Gasteiger partial charge on any atom is 0.243 e. The smallest absolute Gasteiger partial charge is 0.243 e. The number of rotatable bonds is 11. The van der Waals surface area contributed by atoms with Gasteiger partial charge in [0.05, 0.1) is 18.1 Å². The number of unbranched alkanes of at least 4 members (excludes halogenated alkanes) is 3. The monoisotopic (exact) mass is 396 g/mol. The van der Waals surface area contributed by atoms with E-state index in [2.05, 4.69) is 11.8 Å². The highest BCUT2D eigenvalue weighted by atomic mass is 32.2. The van der Waals surface area contributed by atoms with Crippen LogP contribution in [0.25, 0.3) is 0 Å². The molecule has 0 spiro atoms. The fourth-order valence-corrected chi connectivity index (χ4v) is 4.69. The van der Waals surface area contributed by atoms with Gasteiger partial charge in [0.1, 0.15) is 0 Å². The summed E-state index contributed by atoms with van der Waals surface area (Å²) in [7, 11) is -3.62. The summed E-state index contributed by atoms with van der Waals surface area (Å²) in [5.41, 5.74) is 0.426. The topological polar surface area (TPSA) is 66.9 Å². The molecule has 0 bridgehead atoms. The van der Waals surface area contributed by atoms with Crippen LogP contribution >= 0.6 is 0 Å². The molecule has 0 atom stereocenters. The Bertz CT molecular complexity index is 700. The van der Waals surface area contributed by atoms with Crippen LogP contribution in [0.2, 0.25) is 0 Å². The van der Waals surface area contributed by atoms with Crippen molar-refractivity contribution in [1.82, 2.24) is 9.21 Å². The molecule has 0 aromatic heterocycles. The Labute approximate surface area is 163 Å². The van der Waals surface area contributed by atoms with Crippen LogP contribution in [0.3, 0.4) is 0 Å². The molecule has 6 nitrogen and oxygen atoms in total. The Morgan fingerprint density at radius 3 is 2.56 bits per heavy atom. The van der Waals surface area contributed by atoms with E-state index in [1.165, 1.54) is 13.0 Å². The quantitative estimate of drug-likeness (QED) is 0.425. The molecule has 1 aliphatic heterocycles. The van der Waals surface area contributed by atoms with Gasteiger partial charge in [-0.2, -0.15) is 4.31 Å². The average molecular weight is 397 g/mol. The minimum Gasteiger partial charge on any atom is -0.379 e. The van der Waals surface area contributed by atoms with E-state index in [0.29, 0.717) is 38.4 Å². The van der Waals surface area contributed by atoms with Gasteiger partial charge in [-0.05, 0) is 25.5 Å². The van der Waals surface area contributed by atoms with Gasteiger partial charge in [0.2, 0.25) is 10.0 Å². The van der Waals surface area contributed by atoms with E-state index in [-0.39, 0.29) is 10.7 Å². The lowest BCUT2D eigenvalue weighted by Crippen LogP contribution is -2.43.